The second kappa shape index (κ2) is 32.2. The maximum atomic E-state index is 6.27. The lowest BCUT2D eigenvalue weighted by Crippen LogP contribution is -1.98. The van der Waals surface area contributed by atoms with Gasteiger partial charge in [-0.05, 0) is 88.0 Å². The van der Waals surface area contributed by atoms with Gasteiger partial charge >= 0.3 is 0 Å². The SMILES string of the molecule is CCCCCCCCCCCCCCCCCCOc1ccc(-c2ccc3c(c2-c2ccc(OCCCCCCCCCCCCCCCCCC)cc2)Cc2ccccc2-3)cc1. The predicted molar refractivity (Wildman–Crippen MR) is 276 cm³/mol. The Labute approximate surface area is 387 Å². The fourth-order valence-electron chi connectivity index (χ4n) is 9.91. The summed E-state index contributed by atoms with van der Waals surface area (Å²) in [6.07, 6.45) is 45.4. The van der Waals surface area contributed by atoms with E-state index in [0.29, 0.717) is 0 Å². The maximum Gasteiger partial charge on any atom is 0.119 e. The molecular formula is C61H90O2. The second-order valence-corrected chi connectivity index (χ2v) is 19.2. The van der Waals surface area contributed by atoms with Crippen LogP contribution in [0.4, 0.5) is 0 Å². The molecular weight excluding hydrogens is 765 g/mol. The van der Waals surface area contributed by atoms with Crippen LogP contribution < -0.4 is 9.47 Å². The molecule has 4 aromatic rings. The van der Waals surface area contributed by atoms with Crippen LogP contribution in [0, 0.1) is 0 Å². The monoisotopic (exact) mass is 855 g/mol. The average Bonchev–Trinajstić information content (AvgIpc) is 3.70. The summed E-state index contributed by atoms with van der Waals surface area (Å²) in [5.74, 6) is 1.95. The Bertz CT molecular complexity index is 1740. The molecule has 0 aromatic heterocycles. The van der Waals surface area contributed by atoms with E-state index in [1.165, 1.54) is 237 Å². The van der Waals surface area contributed by atoms with Gasteiger partial charge < -0.3 is 9.47 Å². The van der Waals surface area contributed by atoms with Crippen molar-refractivity contribution in [3.63, 3.8) is 0 Å². The summed E-state index contributed by atoms with van der Waals surface area (Å²) >= 11 is 0. The van der Waals surface area contributed by atoms with E-state index < -0.39 is 0 Å². The molecule has 0 unspecified atom stereocenters. The first-order valence-corrected chi connectivity index (χ1v) is 27.0. The number of rotatable bonds is 38. The lowest BCUT2D eigenvalue weighted by Gasteiger charge is -2.17. The Balaban J connectivity index is 0.991. The van der Waals surface area contributed by atoms with E-state index in [1.807, 2.05) is 0 Å². The molecule has 346 valence electrons. The van der Waals surface area contributed by atoms with Crippen molar-refractivity contribution in [2.75, 3.05) is 13.2 Å². The van der Waals surface area contributed by atoms with Crippen molar-refractivity contribution in [2.45, 2.75) is 226 Å². The zero-order valence-corrected chi connectivity index (χ0v) is 40.6. The van der Waals surface area contributed by atoms with Gasteiger partial charge in [-0.2, -0.15) is 0 Å². The highest BCUT2D eigenvalue weighted by Gasteiger charge is 2.24. The average molecular weight is 855 g/mol. The van der Waals surface area contributed by atoms with Gasteiger partial charge in [-0.3, -0.25) is 0 Å². The fraction of sp³-hybridized carbons (Fsp3) is 0.607. The Morgan fingerprint density at radius 1 is 0.317 bits per heavy atom. The number of benzene rings is 4. The third kappa shape index (κ3) is 19.2. The Morgan fingerprint density at radius 3 is 1.08 bits per heavy atom. The van der Waals surface area contributed by atoms with E-state index in [1.54, 1.807) is 0 Å². The van der Waals surface area contributed by atoms with Crippen molar-refractivity contribution in [3.05, 3.63) is 96.1 Å². The highest BCUT2D eigenvalue weighted by atomic mass is 16.5. The van der Waals surface area contributed by atoms with Gasteiger partial charge in [0, 0.05) is 0 Å². The molecule has 5 rings (SSSR count). The van der Waals surface area contributed by atoms with Gasteiger partial charge in [-0.15, -0.1) is 0 Å². The molecule has 0 heterocycles. The highest BCUT2D eigenvalue weighted by Crippen LogP contribution is 2.46. The van der Waals surface area contributed by atoms with E-state index in [2.05, 4.69) is 98.8 Å². The second-order valence-electron chi connectivity index (χ2n) is 19.2. The van der Waals surface area contributed by atoms with Crippen LogP contribution in [0.15, 0.2) is 84.9 Å². The zero-order valence-electron chi connectivity index (χ0n) is 40.6. The van der Waals surface area contributed by atoms with Crippen molar-refractivity contribution in [2.24, 2.45) is 0 Å². The quantitative estimate of drug-likeness (QED) is 0.0368. The minimum Gasteiger partial charge on any atom is -0.494 e. The van der Waals surface area contributed by atoms with Gasteiger partial charge in [-0.25, -0.2) is 0 Å². The van der Waals surface area contributed by atoms with Gasteiger partial charge in [-0.1, -0.05) is 267 Å². The Morgan fingerprint density at radius 2 is 0.667 bits per heavy atom. The van der Waals surface area contributed by atoms with Gasteiger partial charge in [0.2, 0.25) is 0 Å². The van der Waals surface area contributed by atoms with Crippen LogP contribution in [0.1, 0.15) is 230 Å². The summed E-state index contributed by atoms with van der Waals surface area (Å²) in [5, 5.41) is 0. The molecule has 0 saturated heterocycles. The fourth-order valence-corrected chi connectivity index (χ4v) is 9.91. The largest absolute Gasteiger partial charge is 0.494 e. The van der Waals surface area contributed by atoms with Crippen LogP contribution in [0.25, 0.3) is 33.4 Å². The summed E-state index contributed by atoms with van der Waals surface area (Å²) in [6, 6.07) is 31.4. The molecule has 2 nitrogen and oxygen atoms in total. The molecule has 0 aliphatic heterocycles. The van der Waals surface area contributed by atoms with Crippen LogP contribution in [0.5, 0.6) is 11.5 Å². The smallest absolute Gasteiger partial charge is 0.119 e. The lowest BCUT2D eigenvalue weighted by atomic mass is 9.88. The molecule has 0 amide bonds. The molecule has 1 aliphatic rings. The summed E-state index contributed by atoms with van der Waals surface area (Å²) < 4.78 is 12.5. The minimum atomic E-state index is 0.799. The zero-order chi connectivity index (χ0) is 43.8. The molecule has 0 atom stereocenters. The lowest BCUT2D eigenvalue weighted by molar-refractivity contribution is 0.304. The summed E-state index contributed by atoms with van der Waals surface area (Å²) in [4.78, 5) is 0. The highest BCUT2D eigenvalue weighted by molar-refractivity contribution is 5.93. The first kappa shape index (κ1) is 50.5. The first-order chi connectivity index (χ1) is 31.3. The van der Waals surface area contributed by atoms with Crippen molar-refractivity contribution in [1.82, 2.24) is 0 Å². The van der Waals surface area contributed by atoms with E-state index >= 15 is 0 Å². The van der Waals surface area contributed by atoms with Crippen molar-refractivity contribution in [3.8, 4) is 44.9 Å². The maximum absolute atomic E-state index is 6.27. The molecule has 0 saturated carbocycles. The molecule has 0 N–H and O–H groups in total. The third-order valence-corrected chi connectivity index (χ3v) is 13.8. The van der Waals surface area contributed by atoms with E-state index in [-0.39, 0.29) is 0 Å². The molecule has 0 spiro atoms. The van der Waals surface area contributed by atoms with Crippen LogP contribution >= 0.6 is 0 Å². The van der Waals surface area contributed by atoms with Crippen LogP contribution in [-0.4, -0.2) is 13.2 Å². The first-order valence-electron chi connectivity index (χ1n) is 27.0. The normalized spacial score (nSPS) is 11.8. The molecule has 0 bridgehead atoms. The summed E-state index contributed by atoms with van der Waals surface area (Å²) in [5.41, 5.74) is 10.7. The van der Waals surface area contributed by atoms with Gasteiger partial charge in [0.25, 0.3) is 0 Å². The van der Waals surface area contributed by atoms with Crippen LogP contribution in [0.2, 0.25) is 0 Å². The third-order valence-electron chi connectivity index (χ3n) is 13.8. The topological polar surface area (TPSA) is 18.5 Å². The van der Waals surface area contributed by atoms with E-state index in [0.717, 1.165) is 44.0 Å². The molecule has 2 heteroatoms. The Kier molecular flexibility index (Phi) is 25.8. The predicted octanol–water partition coefficient (Wildman–Crippen LogP) is 19.9. The minimum absolute atomic E-state index is 0.799. The van der Waals surface area contributed by atoms with Crippen LogP contribution in [-0.2, 0) is 6.42 Å². The van der Waals surface area contributed by atoms with E-state index in [4.69, 9.17) is 9.47 Å². The number of hydrogen-bond donors (Lipinski definition) is 0. The molecule has 63 heavy (non-hydrogen) atoms. The summed E-state index contributed by atoms with van der Waals surface area (Å²) in [7, 11) is 0. The standard InChI is InChI=1S/C61H90O2/c1-3-5-7-9-11-13-15-17-19-21-23-25-27-29-31-35-49-62-55-43-39-52(40-44-55)58-47-48-59-57-38-34-33-37-54(57)51-60(59)61(58)53-41-45-56(46-42-53)63-50-36-32-30-28-26-24-22-20-18-16-14-12-10-8-6-4-2/h33-34,37-48H,3-32,35-36,49-51H2,1-2H3. The van der Waals surface area contributed by atoms with Crippen molar-refractivity contribution in [1.29, 1.82) is 0 Å². The molecule has 0 radical (unpaired) electrons. The van der Waals surface area contributed by atoms with Gasteiger partial charge in [0.15, 0.2) is 0 Å². The van der Waals surface area contributed by atoms with Crippen LogP contribution in [0.3, 0.4) is 0 Å². The number of hydrogen-bond acceptors (Lipinski definition) is 2. The van der Waals surface area contributed by atoms with Gasteiger partial charge in [0.1, 0.15) is 11.5 Å². The molecule has 4 aromatic carbocycles. The molecule has 1 aliphatic carbocycles. The summed E-state index contributed by atoms with van der Waals surface area (Å²) in [6.45, 7) is 6.20. The van der Waals surface area contributed by atoms with Crippen molar-refractivity contribution < 1.29 is 9.47 Å². The van der Waals surface area contributed by atoms with Gasteiger partial charge in [0.05, 0.1) is 13.2 Å². The molecule has 0 fully saturated rings. The number of unbranched alkanes of at least 4 members (excludes halogenated alkanes) is 30. The number of fused-ring (bicyclic) bond motifs is 3. The Hall–Kier alpha value is -3.52. The van der Waals surface area contributed by atoms with E-state index in [9.17, 15) is 0 Å². The number of ether oxygens (including phenoxy) is 2. The van der Waals surface area contributed by atoms with Crippen molar-refractivity contribution >= 4 is 0 Å².